The zero-order chi connectivity index (χ0) is 13.9. The normalized spacial score (nSPS) is 18.1. The van der Waals surface area contributed by atoms with Gasteiger partial charge in [0.05, 0.1) is 5.69 Å². The smallest absolute Gasteiger partial charge is 0.256 e. The average molecular weight is 331 g/mol. The zero-order valence-electron chi connectivity index (χ0n) is 10.6. The highest BCUT2D eigenvalue weighted by Gasteiger charge is 2.39. The largest absolute Gasteiger partial charge is 0.368 e. The fourth-order valence-electron chi connectivity index (χ4n) is 2.18. The van der Waals surface area contributed by atoms with Crippen molar-refractivity contribution in [3.8, 4) is 0 Å². The molecule has 0 aromatic heterocycles. The van der Waals surface area contributed by atoms with Gasteiger partial charge in [-0.1, -0.05) is 15.9 Å². The Labute approximate surface area is 119 Å². The van der Waals surface area contributed by atoms with Gasteiger partial charge in [0.25, 0.3) is 5.91 Å². The summed E-state index contributed by atoms with van der Waals surface area (Å²) in [6.45, 7) is 1.42. The van der Waals surface area contributed by atoms with E-state index in [4.69, 9.17) is 4.74 Å². The van der Waals surface area contributed by atoms with E-state index in [1.165, 1.54) is 19.2 Å². The van der Waals surface area contributed by atoms with Crippen molar-refractivity contribution in [2.75, 3.05) is 25.5 Å². The quantitative estimate of drug-likeness (QED) is 0.894. The minimum absolute atomic E-state index is 0.161. The summed E-state index contributed by atoms with van der Waals surface area (Å²) in [6, 6.07) is 4.43. The molecule has 0 unspecified atom stereocenters. The molecular formula is C13H16BrFN2O2. The molecule has 0 atom stereocenters. The van der Waals surface area contributed by atoms with E-state index < -0.39 is 11.4 Å². The van der Waals surface area contributed by atoms with Crippen molar-refractivity contribution in [1.82, 2.24) is 5.32 Å². The first-order chi connectivity index (χ1) is 9.07. The highest BCUT2D eigenvalue weighted by atomic mass is 79.9. The second kappa shape index (κ2) is 5.98. The molecule has 1 aromatic rings. The van der Waals surface area contributed by atoms with Crippen LogP contribution in [-0.2, 0) is 9.53 Å². The van der Waals surface area contributed by atoms with E-state index in [1.54, 1.807) is 6.07 Å². The molecule has 0 radical (unpaired) electrons. The van der Waals surface area contributed by atoms with Crippen LogP contribution in [0, 0.1) is 5.82 Å². The van der Waals surface area contributed by atoms with Gasteiger partial charge in [-0.25, -0.2) is 4.39 Å². The topological polar surface area (TPSA) is 50.4 Å². The summed E-state index contributed by atoms with van der Waals surface area (Å²) >= 11 is 3.25. The van der Waals surface area contributed by atoms with Gasteiger partial charge in [-0.3, -0.25) is 4.79 Å². The van der Waals surface area contributed by atoms with E-state index in [-0.39, 0.29) is 11.6 Å². The number of ether oxygens (including phenoxy) is 1. The van der Waals surface area contributed by atoms with Crippen LogP contribution in [0.4, 0.5) is 10.1 Å². The van der Waals surface area contributed by atoms with Crippen LogP contribution in [0.15, 0.2) is 22.7 Å². The van der Waals surface area contributed by atoms with E-state index in [0.29, 0.717) is 30.4 Å². The third-order valence-electron chi connectivity index (χ3n) is 3.39. The number of amides is 1. The number of carbonyl (C=O) groups is 1. The van der Waals surface area contributed by atoms with Crippen LogP contribution >= 0.6 is 15.9 Å². The van der Waals surface area contributed by atoms with Crippen molar-refractivity contribution in [3.05, 3.63) is 28.5 Å². The van der Waals surface area contributed by atoms with E-state index in [2.05, 4.69) is 26.6 Å². The molecule has 1 aromatic carbocycles. The van der Waals surface area contributed by atoms with Crippen LogP contribution in [0.1, 0.15) is 12.8 Å². The Bertz CT molecular complexity index is 476. The molecule has 1 fully saturated rings. The van der Waals surface area contributed by atoms with Gasteiger partial charge in [0.2, 0.25) is 0 Å². The predicted molar refractivity (Wildman–Crippen MR) is 74.6 cm³/mol. The fraction of sp³-hybridized carbons (Fsp3) is 0.462. The Morgan fingerprint density at radius 2 is 2.16 bits per heavy atom. The minimum Gasteiger partial charge on any atom is -0.368 e. The van der Waals surface area contributed by atoms with Gasteiger partial charge < -0.3 is 15.4 Å². The molecule has 1 aliphatic heterocycles. The lowest BCUT2D eigenvalue weighted by Gasteiger charge is -2.34. The van der Waals surface area contributed by atoms with Crippen molar-refractivity contribution < 1.29 is 13.9 Å². The molecule has 1 aliphatic rings. The number of nitrogens with one attached hydrogen (secondary N) is 2. The summed E-state index contributed by atoms with van der Waals surface area (Å²) in [5.41, 5.74) is -0.714. The van der Waals surface area contributed by atoms with Gasteiger partial charge in [-0.2, -0.15) is 0 Å². The first-order valence-corrected chi connectivity index (χ1v) is 6.89. The Balaban J connectivity index is 2.17. The molecule has 0 saturated carbocycles. The van der Waals surface area contributed by atoms with Crippen molar-refractivity contribution in [2.24, 2.45) is 0 Å². The van der Waals surface area contributed by atoms with Crippen LogP contribution in [-0.4, -0.2) is 31.7 Å². The summed E-state index contributed by atoms with van der Waals surface area (Å²) in [5, 5.41) is 5.79. The standard InChI is InChI=1S/C13H16BrFN2O2/c1-19-13(4-6-16-7-5-13)12(18)17-11-8-9(14)2-3-10(11)15/h2-3,8,16H,4-7H2,1H3,(H,17,18). The van der Waals surface area contributed by atoms with Crippen LogP contribution in [0.5, 0.6) is 0 Å². The Morgan fingerprint density at radius 1 is 1.47 bits per heavy atom. The van der Waals surface area contributed by atoms with E-state index in [9.17, 15) is 9.18 Å². The van der Waals surface area contributed by atoms with Crippen LogP contribution in [0.25, 0.3) is 0 Å². The highest BCUT2D eigenvalue weighted by Crippen LogP contribution is 2.26. The Kier molecular flexibility index (Phi) is 4.54. The maximum Gasteiger partial charge on any atom is 0.256 e. The molecule has 4 nitrogen and oxygen atoms in total. The van der Waals surface area contributed by atoms with E-state index in [1.807, 2.05) is 0 Å². The van der Waals surface area contributed by atoms with Crippen LogP contribution in [0.2, 0.25) is 0 Å². The second-order valence-corrected chi connectivity index (χ2v) is 5.44. The second-order valence-electron chi connectivity index (χ2n) is 4.53. The van der Waals surface area contributed by atoms with Crippen molar-refractivity contribution in [3.63, 3.8) is 0 Å². The number of hydrogen-bond donors (Lipinski definition) is 2. The minimum atomic E-state index is -0.875. The van der Waals surface area contributed by atoms with Crippen molar-refractivity contribution in [1.29, 1.82) is 0 Å². The number of carbonyl (C=O) groups excluding carboxylic acids is 1. The molecule has 2 N–H and O–H groups in total. The SMILES string of the molecule is COC1(C(=O)Nc2cc(Br)ccc2F)CCNCC1. The highest BCUT2D eigenvalue weighted by molar-refractivity contribution is 9.10. The molecule has 104 valence electrons. The van der Waals surface area contributed by atoms with Crippen molar-refractivity contribution >= 4 is 27.5 Å². The van der Waals surface area contributed by atoms with Crippen LogP contribution < -0.4 is 10.6 Å². The first-order valence-electron chi connectivity index (χ1n) is 6.10. The lowest BCUT2D eigenvalue weighted by atomic mass is 9.91. The van der Waals surface area contributed by atoms with Crippen LogP contribution in [0.3, 0.4) is 0 Å². The summed E-state index contributed by atoms with van der Waals surface area (Å²) in [7, 11) is 1.52. The third-order valence-corrected chi connectivity index (χ3v) is 3.89. The van der Waals surface area contributed by atoms with Gasteiger partial charge >= 0.3 is 0 Å². The van der Waals surface area contributed by atoms with Gasteiger partial charge in [-0.15, -0.1) is 0 Å². The molecule has 2 rings (SSSR count). The number of rotatable bonds is 3. The number of hydrogen-bond acceptors (Lipinski definition) is 3. The molecule has 0 bridgehead atoms. The Morgan fingerprint density at radius 3 is 2.79 bits per heavy atom. The summed E-state index contributed by atoms with van der Waals surface area (Å²) in [5.74, 6) is -0.759. The lowest BCUT2D eigenvalue weighted by Crippen LogP contribution is -2.51. The van der Waals surface area contributed by atoms with Gasteiger partial charge in [0, 0.05) is 11.6 Å². The zero-order valence-corrected chi connectivity index (χ0v) is 12.2. The molecule has 0 spiro atoms. The van der Waals surface area contributed by atoms with Gasteiger partial charge in [-0.05, 0) is 44.1 Å². The third kappa shape index (κ3) is 3.13. The number of anilines is 1. The number of halogens is 2. The molecular weight excluding hydrogens is 315 g/mol. The average Bonchev–Trinajstić information content (AvgIpc) is 2.43. The fourth-order valence-corrected chi connectivity index (χ4v) is 2.55. The monoisotopic (exact) mass is 330 g/mol. The predicted octanol–water partition coefficient (Wildman–Crippen LogP) is 2.30. The molecule has 0 aliphatic carbocycles. The van der Waals surface area contributed by atoms with E-state index in [0.717, 1.165) is 0 Å². The molecule has 1 heterocycles. The summed E-state index contributed by atoms with van der Waals surface area (Å²) in [4.78, 5) is 12.3. The van der Waals surface area contributed by atoms with Crippen molar-refractivity contribution in [2.45, 2.75) is 18.4 Å². The molecule has 6 heteroatoms. The maximum absolute atomic E-state index is 13.6. The Hall–Kier alpha value is -0.980. The molecule has 1 amide bonds. The number of piperidine rings is 1. The lowest BCUT2D eigenvalue weighted by molar-refractivity contribution is -0.140. The molecule has 1 saturated heterocycles. The maximum atomic E-state index is 13.6. The number of benzene rings is 1. The van der Waals surface area contributed by atoms with Gasteiger partial charge in [0.1, 0.15) is 11.4 Å². The first kappa shape index (κ1) is 14.4. The van der Waals surface area contributed by atoms with E-state index >= 15 is 0 Å². The van der Waals surface area contributed by atoms with Gasteiger partial charge in [0.15, 0.2) is 0 Å². The summed E-state index contributed by atoms with van der Waals surface area (Å²) in [6.07, 6.45) is 1.15. The molecule has 19 heavy (non-hydrogen) atoms. The summed E-state index contributed by atoms with van der Waals surface area (Å²) < 4.78 is 19.7. The number of methoxy groups -OCH3 is 1.